The molecule has 0 bridgehead atoms. The summed E-state index contributed by atoms with van der Waals surface area (Å²) >= 11 is 0. The summed E-state index contributed by atoms with van der Waals surface area (Å²) in [6.45, 7) is 4.58. The van der Waals surface area contributed by atoms with Crippen molar-refractivity contribution in [3.8, 4) is 12.3 Å². The van der Waals surface area contributed by atoms with Crippen molar-refractivity contribution >= 4 is 12.0 Å². The lowest BCUT2D eigenvalue weighted by molar-refractivity contribution is -0.169. The van der Waals surface area contributed by atoms with Crippen molar-refractivity contribution < 1.29 is 14.1 Å². The van der Waals surface area contributed by atoms with E-state index < -0.39 is 5.60 Å². The Balaban J connectivity index is 1.48. The summed E-state index contributed by atoms with van der Waals surface area (Å²) in [6.07, 6.45) is 17.3. The van der Waals surface area contributed by atoms with E-state index in [1.165, 1.54) is 17.6 Å². The zero-order valence-electron chi connectivity index (χ0n) is 17.4. The van der Waals surface area contributed by atoms with Gasteiger partial charge >= 0.3 is 5.97 Å². The molecule has 0 spiro atoms. The summed E-state index contributed by atoms with van der Waals surface area (Å²) in [5, 5.41) is 4.03. The molecule has 4 aliphatic carbocycles. The number of esters is 1. The number of hydrogen-bond donors (Lipinski definition) is 1. The van der Waals surface area contributed by atoms with E-state index in [0.717, 1.165) is 44.3 Å². The first kappa shape index (κ1) is 18.9. The highest BCUT2D eigenvalue weighted by molar-refractivity contribution is 5.72. The predicted octanol–water partition coefficient (Wildman–Crippen LogP) is 3.73. The number of nitrogens with zero attached hydrogens (tertiary/aromatic N) is 1. The Bertz CT molecular complexity index is 927. The molecule has 0 aromatic carbocycles. The third kappa shape index (κ3) is 2.39. The SMILES string of the molecule is C#C[C@]1(OC(=O)CN)CC[C@H]2[C@@H]3CCC4=Cc5oncc5C[C@]4(C)[C@H]3CC[C@@]21C. The highest BCUT2D eigenvalue weighted by Crippen LogP contribution is 2.68. The van der Waals surface area contributed by atoms with Gasteiger partial charge in [-0.1, -0.05) is 30.5 Å². The van der Waals surface area contributed by atoms with Gasteiger partial charge in [0, 0.05) is 11.0 Å². The Hall–Kier alpha value is -2.06. The Labute approximate surface area is 172 Å². The van der Waals surface area contributed by atoms with Crippen molar-refractivity contribution in [3.05, 3.63) is 23.1 Å². The highest BCUT2D eigenvalue weighted by atomic mass is 16.6. The molecule has 29 heavy (non-hydrogen) atoms. The molecule has 0 amide bonds. The number of carbonyl (C=O) groups is 1. The number of rotatable bonds is 2. The van der Waals surface area contributed by atoms with Gasteiger partial charge in [0.2, 0.25) is 0 Å². The first-order chi connectivity index (χ1) is 13.9. The van der Waals surface area contributed by atoms with Crippen LogP contribution in [0.25, 0.3) is 6.08 Å². The minimum absolute atomic E-state index is 0.122. The third-order valence-corrected chi connectivity index (χ3v) is 9.08. The highest BCUT2D eigenvalue weighted by Gasteiger charge is 2.65. The smallest absolute Gasteiger partial charge is 0.321 e. The minimum Gasteiger partial charge on any atom is -0.444 e. The molecule has 3 fully saturated rings. The second-order valence-electron chi connectivity index (χ2n) is 10.0. The molecule has 0 saturated heterocycles. The molecule has 154 valence electrons. The number of ether oxygens (including phenoxy) is 1. The van der Waals surface area contributed by atoms with Gasteiger partial charge in [-0.3, -0.25) is 4.79 Å². The van der Waals surface area contributed by atoms with E-state index in [1.54, 1.807) is 0 Å². The van der Waals surface area contributed by atoms with Crippen LogP contribution in [0.4, 0.5) is 0 Å². The van der Waals surface area contributed by atoms with Crippen molar-refractivity contribution in [2.75, 3.05) is 6.54 Å². The standard InChI is InChI=1S/C24H30N2O3/c1-4-24(28-21(27)13-25)10-8-19-17-6-5-16-11-20-15(14-26-29-20)12-22(16,2)18(17)7-9-23(19,24)3/h1,11,14,17-19H,5-10,12-13,25H2,2-3H3/t17-,18+,19+,22+,23+,24+/m1/s1. The van der Waals surface area contributed by atoms with Crippen molar-refractivity contribution in [1.29, 1.82) is 0 Å². The first-order valence-electron chi connectivity index (χ1n) is 10.9. The van der Waals surface area contributed by atoms with Gasteiger partial charge in [-0.2, -0.15) is 0 Å². The first-order valence-corrected chi connectivity index (χ1v) is 10.9. The fourth-order valence-electron chi connectivity index (χ4n) is 7.55. The Morgan fingerprint density at radius 1 is 1.34 bits per heavy atom. The molecule has 0 unspecified atom stereocenters. The lowest BCUT2D eigenvalue weighted by atomic mass is 9.46. The number of aromatic nitrogens is 1. The van der Waals surface area contributed by atoms with E-state index in [9.17, 15) is 4.79 Å². The van der Waals surface area contributed by atoms with E-state index in [0.29, 0.717) is 17.8 Å². The zero-order valence-corrected chi connectivity index (χ0v) is 17.4. The predicted molar refractivity (Wildman–Crippen MR) is 109 cm³/mol. The van der Waals surface area contributed by atoms with Gasteiger partial charge in [0.1, 0.15) is 0 Å². The molecule has 1 heterocycles. The van der Waals surface area contributed by atoms with Crippen molar-refractivity contribution in [2.45, 2.75) is 64.4 Å². The largest absolute Gasteiger partial charge is 0.444 e. The summed E-state index contributed by atoms with van der Waals surface area (Å²) < 4.78 is 11.3. The summed E-state index contributed by atoms with van der Waals surface area (Å²) in [7, 11) is 0. The second kappa shape index (κ2) is 6.22. The van der Waals surface area contributed by atoms with E-state index in [-0.39, 0.29) is 23.3 Å². The van der Waals surface area contributed by atoms with E-state index in [1.807, 2.05) is 6.20 Å². The van der Waals surface area contributed by atoms with Crippen LogP contribution in [-0.2, 0) is 16.0 Å². The zero-order chi connectivity index (χ0) is 20.4. The van der Waals surface area contributed by atoms with Crippen molar-refractivity contribution in [3.63, 3.8) is 0 Å². The molecule has 1 aromatic rings. The quantitative estimate of drug-likeness (QED) is 0.611. The third-order valence-electron chi connectivity index (χ3n) is 9.08. The minimum atomic E-state index is -0.815. The number of allylic oxidation sites excluding steroid dienone is 1. The number of hydrogen-bond acceptors (Lipinski definition) is 5. The van der Waals surface area contributed by atoms with E-state index >= 15 is 0 Å². The average Bonchev–Trinajstić information content (AvgIpc) is 3.27. The monoisotopic (exact) mass is 394 g/mol. The Morgan fingerprint density at radius 2 is 2.14 bits per heavy atom. The van der Waals surface area contributed by atoms with E-state index in [4.69, 9.17) is 21.4 Å². The fourth-order valence-corrected chi connectivity index (χ4v) is 7.55. The lowest BCUT2D eigenvalue weighted by Crippen LogP contribution is -2.56. The summed E-state index contributed by atoms with van der Waals surface area (Å²) in [5.41, 5.74) is 7.44. The van der Waals surface area contributed by atoms with Crippen LogP contribution in [0.1, 0.15) is 63.7 Å². The molecular weight excluding hydrogens is 364 g/mol. The number of carbonyl (C=O) groups excluding carboxylic acids is 1. The average molecular weight is 395 g/mol. The maximum atomic E-state index is 12.1. The van der Waals surface area contributed by atoms with Crippen LogP contribution < -0.4 is 5.73 Å². The van der Waals surface area contributed by atoms with Crippen LogP contribution in [-0.4, -0.2) is 23.3 Å². The van der Waals surface area contributed by atoms with Gasteiger partial charge in [-0.05, 0) is 74.2 Å². The van der Waals surface area contributed by atoms with Gasteiger partial charge < -0.3 is 15.0 Å². The molecule has 5 heteroatoms. The maximum absolute atomic E-state index is 12.1. The molecule has 5 nitrogen and oxygen atoms in total. The van der Waals surface area contributed by atoms with Crippen molar-refractivity contribution in [2.24, 2.45) is 34.3 Å². The van der Waals surface area contributed by atoms with Crippen LogP contribution >= 0.6 is 0 Å². The maximum Gasteiger partial charge on any atom is 0.321 e. The molecular formula is C24H30N2O3. The number of nitrogens with two attached hydrogens (primary N) is 1. The van der Waals surface area contributed by atoms with E-state index in [2.05, 4.69) is 31.0 Å². The van der Waals surface area contributed by atoms with Gasteiger partial charge in [0.25, 0.3) is 0 Å². The molecule has 3 saturated carbocycles. The van der Waals surface area contributed by atoms with Gasteiger partial charge in [-0.15, -0.1) is 6.42 Å². The van der Waals surface area contributed by atoms with Gasteiger partial charge in [0.15, 0.2) is 11.4 Å². The van der Waals surface area contributed by atoms with Crippen LogP contribution in [0.2, 0.25) is 0 Å². The molecule has 1 aromatic heterocycles. The van der Waals surface area contributed by atoms with Gasteiger partial charge in [-0.25, -0.2) is 0 Å². The van der Waals surface area contributed by atoms with Crippen LogP contribution in [0, 0.1) is 40.9 Å². The lowest BCUT2D eigenvalue weighted by Gasteiger charge is -2.58. The number of terminal acetylenes is 1. The molecule has 5 rings (SSSR count). The molecule has 2 N–H and O–H groups in total. The molecule has 0 aliphatic heterocycles. The second-order valence-corrected chi connectivity index (χ2v) is 10.0. The Morgan fingerprint density at radius 3 is 2.90 bits per heavy atom. The Kier molecular flexibility index (Phi) is 4.06. The summed E-state index contributed by atoms with van der Waals surface area (Å²) in [5.74, 6) is 5.17. The van der Waals surface area contributed by atoms with Crippen molar-refractivity contribution in [1.82, 2.24) is 5.16 Å². The topological polar surface area (TPSA) is 78.4 Å². The van der Waals surface area contributed by atoms with Crippen LogP contribution in [0.5, 0.6) is 0 Å². The molecule has 4 aliphatic rings. The molecule has 0 radical (unpaired) electrons. The van der Waals surface area contributed by atoms with Crippen LogP contribution in [0.15, 0.2) is 16.3 Å². The summed E-state index contributed by atoms with van der Waals surface area (Å²) in [4.78, 5) is 12.1. The van der Waals surface area contributed by atoms with Crippen LogP contribution in [0.3, 0.4) is 0 Å². The van der Waals surface area contributed by atoms with Gasteiger partial charge in [0.05, 0.1) is 12.7 Å². The normalized spacial score (nSPS) is 42.6. The summed E-state index contributed by atoms with van der Waals surface area (Å²) in [6, 6.07) is 0. The fraction of sp³-hybridized carbons (Fsp3) is 0.667. The number of fused-ring (bicyclic) bond motifs is 6. The molecule has 6 atom stereocenters.